The first-order valence-corrected chi connectivity index (χ1v) is 11.0. The monoisotopic (exact) mass is 472 g/mol. The molecule has 0 radical (unpaired) electrons. The van der Waals surface area contributed by atoms with Crippen LogP contribution in [0.3, 0.4) is 0 Å². The Balaban J connectivity index is 1.51. The van der Waals surface area contributed by atoms with Gasteiger partial charge in [0.05, 0.1) is 12.8 Å². The Morgan fingerprint density at radius 2 is 1.85 bits per heavy atom. The zero-order valence-electron chi connectivity index (χ0n) is 18.3. The van der Waals surface area contributed by atoms with Gasteiger partial charge in [-0.3, -0.25) is 9.69 Å². The first-order valence-electron chi connectivity index (χ1n) is 10.6. The molecular weight excluding hydrogens is 452 g/mol. The highest BCUT2D eigenvalue weighted by Gasteiger charge is 2.31. The Kier molecular flexibility index (Phi) is 5.97. The van der Waals surface area contributed by atoms with E-state index in [-0.39, 0.29) is 18.5 Å². The van der Waals surface area contributed by atoms with Gasteiger partial charge in [0.25, 0.3) is 5.95 Å². The normalized spacial score (nSPS) is 14.8. The lowest BCUT2D eigenvalue weighted by Gasteiger charge is -2.32. The standard InChI is InChI=1S/C25H21ClN6O2/c1-34-21-9-5-8-20(14-21)27-24(33)16-31-22(18-10-12-19(26)13-11-18)15-23(17-6-3-2-4-7-17)32-25(31)28-29-30-32/h2-15,23H,16H2,1H3,(H,27,33). The Hall–Kier alpha value is -4.17. The lowest BCUT2D eigenvalue weighted by atomic mass is 10.0. The number of benzene rings is 3. The molecule has 1 aromatic heterocycles. The van der Waals surface area contributed by atoms with Gasteiger partial charge >= 0.3 is 0 Å². The van der Waals surface area contributed by atoms with Gasteiger partial charge in [0.1, 0.15) is 18.3 Å². The number of hydrogen-bond acceptors (Lipinski definition) is 6. The van der Waals surface area contributed by atoms with Crippen LogP contribution in [0.1, 0.15) is 17.2 Å². The maximum atomic E-state index is 13.1. The van der Waals surface area contributed by atoms with Gasteiger partial charge in [-0.15, -0.1) is 0 Å². The van der Waals surface area contributed by atoms with Crippen molar-refractivity contribution in [2.75, 3.05) is 23.9 Å². The van der Waals surface area contributed by atoms with Crippen LogP contribution in [-0.2, 0) is 4.79 Å². The maximum absolute atomic E-state index is 13.1. The highest BCUT2D eigenvalue weighted by atomic mass is 35.5. The van der Waals surface area contributed by atoms with Crippen molar-refractivity contribution in [1.29, 1.82) is 0 Å². The number of ether oxygens (including phenoxy) is 1. The summed E-state index contributed by atoms with van der Waals surface area (Å²) in [7, 11) is 1.58. The topological polar surface area (TPSA) is 85.2 Å². The largest absolute Gasteiger partial charge is 0.497 e. The maximum Gasteiger partial charge on any atom is 0.251 e. The van der Waals surface area contributed by atoms with Crippen LogP contribution in [0.4, 0.5) is 11.6 Å². The number of nitrogens with one attached hydrogen (secondary N) is 1. The fourth-order valence-corrected chi connectivity index (χ4v) is 4.05. The van der Waals surface area contributed by atoms with Crippen LogP contribution >= 0.6 is 11.6 Å². The third kappa shape index (κ3) is 4.35. The molecule has 9 heteroatoms. The van der Waals surface area contributed by atoms with Crippen LogP contribution in [0.15, 0.2) is 84.9 Å². The lowest BCUT2D eigenvalue weighted by molar-refractivity contribution is -0.114. The SMILES string of the molecule is COc1cccc(NC(=O)CN2C(c3ccc(Cl)cc3)=CC(c3ccccc3)n3nnnc32)c1. The van der Waals surface area contributed by atoms with Gasteiger partial charge < -0.3 is 10.1 Å². The summed E-state index contributed by atoms with van der Waals surface area (Å²) in [6, 6.07) is 24.4. The van der Waals surface area contributed by atoms with Crippen molar-refractivity contribution in [1.82, 2.24) is 20.2 Å². The molecule has 0 aliphatic carbocycles. The summed E-state index contributed by atoms with van der Waals surface area (Å²) < 4.78 is 6.97. The minimum absolute atomic E-state index is 0.00749. The van der Waals surface area contributed by atoms with Gasteiger partial charge in [-0.25, -0.2) is 0 Å². The summed E-state index contributed by atoms with van der Waals surface area (Å²) in [6.07, 6.45) is 2.06. The molecule has 4 aromatic rings. The molecule has 170 valence electrons. The third-order valence-corrected chi connectivity index (χ3v) is 5.78. The quantitative estimate of drug-likeness (QED) is 0.447. The number of hydrogen-bond donors (Lipinski definition) is 1. The van der Waals surface area contributed by atoms with Crippen LogP contribution in [-0.4, -0.2) is 39.8 Å². The lowest BCUT2D eigenvalue weighted by Crippen LogP contribution is -2.37. The molecule has 8 nitrogen and oxygen atoms in total. The molecular formula is C25H21ClN6O2. The highest BCUT2D eigenvalue weighted by Crippen LogP contribution is 2.36. The number of anilines is 2. The predicted molar refractivity (Wildman–Crippen MR) is 131 cm³/mol. The van der Waals surface area contributed by atoms with E-state index < -0.39 is 0 Å². The molecule has 0 bridgehead atoms. The molecule has 0 saturated carbocycles. The van der Waals surface area contributed by atoms with Crippen LogP contribution < -0.4 is 15.0 Å². The summed E-state index contributed by atoms with van der Waals surface area (Å²) in [4.78, 5) is 14.9. The molecule has 34 heavy (non-hydrogen) atoms. The number of allylic oxidation sites excluding steroid dienone is 1. The number of halogens is 1. The third-order valence-electron chi connectivity index (χ3n) is 5.52. The molecule has 1 amide bonds. The number of aromatic nitrogens is 4. The van der Waals surface area contributed by atoms with Crippen LogP contribution in [0.25, 0.3) is 5.70 Å². The summed E-state index contributed by atoms with van der Waals surface area (Å²) in [5, 5.41) is 15.9. The fraction of sp³-hybridized carbons (Fsp3) is 0.120. The zero-order chi connectivity index (χ0) is 23.5. The van der Waals surface area contributed by atoms with Crippen LogP contribution in [0.5, 0.6) is 5.75 Å². The van der Waals surface area contributed by atoms with E-state index in [9.17, 15) is 4.79 Å². The Morgan fingerprint density at radius 1 is 1.06 bits per heavy atom. The van der Waals surface area contributed by atoms with E-state index >= 15 is 0 Å². The van der Waals surface area contributed by atoms with Gasteiger partial charge in [0.15, 0.2) is 0 Å². The predicted octanol–water partition coefficient (Wildman–Crippen LogP) is 4.42. The van der Waals surface area contributed by atoms with Crippen molar-refractivity contribution in [2.45, 2.75) is 6.04 Å². The molecule has 1 N–H and O–H groups in total. The second-order valence-electron chi connectivity index (χ2n) is 7.70. The molecule has 1 unspecified atom stereocenters. The molecule has 0 spiro atoms. The molecule has 3 aromatic carbocycles. The van der Waals surface area contributed by atoms with E-state index in [1.165, 1.54) is 0 Å². The van der Waals surface area contributed by atoms with E-state index in [1.807, 2.05) is 72.8 Å². The van der Waals surface area contributed by atoms with Gasteiger partial charge in [0.2, 0.25) is 5.91 Å². The van der Waals surface area contributed by atoms with E-state index in [2.05, 4.69) is 26.9 Å². The minimum Gasteiger partial charge on any atom is -0.497 e. The number of methoxy groups -OCH3 is 1. The second kappa shape index (κ2) is 9.36. The van der Waals surface area contributed by atoms with E-state index in [1.54, 1.807) is 22.8 Å². The second-order valence-corrected chi connectivity index (χ2v) is 8.14. The number of fused-ring (bicyclic) bond motifs is 1. The van der Waals surface area contributed by atoms with Crippen molar-refractivity contribution in [3.05, 3.63) is 101 Å². The molecule has 1 aliphatic heterocycles. The summed E-state index contributed by atoms with van der Waals surface area (Å²) in [5.41, 5.74) is 3.38. The average molecular weight is 473 g/mol. The molecule has 2 heterocycles. The van der Waals surface area contributed by atoms with E-state index in [0.717, 1.165) is 16.8 Å². The van der Waals surface area contributed by atoms with Crippen molar-refractivity contribution in [2.24, 2.45) is 0 Å². The van der Waals surface area contributed by atoms with Crippen molar-refractivity contribution in [3.8, 4) is 5.75 Å². The highest BCUT2D eigenvalue weighted by molar-refractivity contribution is 6.30. The number of amides is 1. The van der Waals surface area contributed by atoms with Gasteiger partial charge in [-0.2, -0.15) is 4.68 Å². The van der Waals surface area contributed by atoms with Crippen molar-refractivity contribution in [3.63, 3.8) is 0 Å². The van der Waals surface area contributed by atoms with Gasteiger partial charge in [0, 0.05) is 16.8 Å². The molecule has 1 atom stereocenters. The summed E-state index contributed by atoms with van der Waals surface area (Å²) in [6.45, 7) is 0.00749. The molecule has 5 rings (SSSR count). The molecule has 0 saturated heterocycles. The van der Waals surface area contributed by atoms with E-state index in [0.29, 0.717) is 22.4 Å². The number of carbonyl (C=O) groups is 1. The van der Waals surface area contributed by atoms with Crippen LogP contribution in [0, 0.1) is 0 Å². The number of nitrogens with zero attached hydrogens (tertiary/aromatic N) is 5. The van der Waals surface area contributed by atoms with Gasteiger partial charge in [-0.05, 0) is 51.9 Å². The zero-order valence-corrected chi connectivity index (χ0v) is 19.1. The number of tetrazole rings is 1. The average Bonchev–Trinajstić information content (AvgIpc) is 3.36. The van der Waals surface area contributed by atoms with Gasteiger partial charge in [-0.1, -0.05) is 65.2 Å². The molecule has 0 fully saturated rings. The minimum atomic E-state index is -0.227. The summed E-state index contributed by atoms with van der Waals surface area (Å²) in [5.74, 6) is 0.912. The number of rotatable bonds is 6. The fourth-order valence-electron chi connectivity index (χ4n) is 3.93. The first-order chi connectivity index (χ1) is 16.6. The van der Waals surface area contributed by atoms with Crippen molar-refractivity contribution < 1.29 is 9.53 Å². The Bertz CT molecular complexity index is 1340. The van der Waals surface area contributed by atoms with Crippen molar-refractivity contribution >= 4 is 34.8 Å². The first kappa shape index (κ1) is 21.7. The number of carbonyl (C=O) groups excluding carboxylic acids is 1. The van der Waals surface area contributed by atoms with Crippen LogP contribution in [0.2, 0.25) is 5.02 Å². The Labute approximate surface area is 201 Å². The van der Waals surface area contributed by atoms with E-state index in [4.69, 9.17) is 16.3 Å². The summed E-state index contributed by atoms with van der Waals surface area (Å²) >= 11 is 6.13. The molecule has 1 aliphatic rings. The Morgan fingerprint density at radius 3 is 2.62 bits per heavy atom. The smallest absolute Gasteiger partial charge is 0.251 e.